The average Bonchev–Trinajstić information content (AvgIpc) is 2.46. The minimum absolute atomic E-state index is 0.193. The molecule has 0 radical (unpaired) electrons. The van der Waals surface area contributed by atoms with E-state index in [1.54, 1.807) is 30.5 Å². The normalized spacial score (nSPS) is 10.7. The zero-order chi connectivity index (χ0) is 14.1. The summed E-state index contributed by atoms with van der Waals surface area (Å²) in [6.45, 7) is 0. The molecular weight excluding hydrogens is 262 g/mol. The zero-order valence-electron chi connectivity index (χ0n) is 10.3. The summed E-state index contributed by atoms with van der Waals surface area (Å²) in [5.41, 5.74) is 6.88. The highest BCUT2D eigenvalue weighted by molar-refractivity contribution is 5.94. The van der Waals surface area contributed by atoms with Gasteiger partial charge in [-0.3, -0.25) is 4.98 Å². The Morgan fingerprint density at radius 2 is 1.85 bits per heavy atom. The van der Waals surface area contributed by atoms with Crippen LogP contribution in [-0.4, -0.2) is 4.98 Å². The topological polar surface area (TPSA) is 48.1 Å². The Morgan fingerprint density at radius 1 is 1.00 bits per heavy atom. The van der Waals surface area contributed by atoms with Crippen LogP contribution in [0.2, 0.25) is 0 Å². The smallest absolute Gasteiger partial charge is 0.166 e. The van der Waals surface area contributed by atoms with E-state index in [1.165, 1.54) is 0 Å². The molecule has 0 saturated carbocycles. The summed E-state index contributed by atoms with van der Waals surface area (Å²) in [7, 11) is 0. The van der Waals surface area contributed by atoms with Crippen molar-refractivity contribution in [2.24, 2.45) is 0 Å². The lowest BCUT2D eigenvalue weighted by Gasteiger charge is -2.10. The molecule has 0 aliphatic carbocycles. The van der Waals surface area contributed by atoms with Crippen LogP contribution in [0.25, 0.3) is 10.9 Å². The number of hydrogen-bond acceptors (Lipinski definition) is 3. The highest BCUT2D eigenvalue weighted by Crippen LogP contribution is 2.32. The van der Waals surface area contributed by atoms with Crippen LogP contribution in [0.15, 0.2) is 48.7 Å². The van der Waals surface area contributed by atoms with Crippen LogP contribution < -0.4 is 10.5 Å². The molecule has 1 heterocycles. The van der Waals surface area contributed by atoms with Crippen LogP contribution >= 0.6 is 0 Å². The lowest BCUT2D eigenvalue weighted by atomic mass is 10.1. The van der Waals surface area contributed by atoms with Crippen molar-refractivity contribution >= 4 is 16.6 Å². The maximum absolute atomic E-state index is 13.6. The molecule has 0 atom stereocenters. The van der Waals surface area contributed by atoms with E-state index in [-0.39, 0.29) is 5.75 Å². The molecule has 20 heavy (non-hydrogen) atoms. The number of nitrogens with two attached hydrogens (primary N) is 1. The lowest BCUT2D eigenvalue weighted by molar-refractivity contribution is 0.440. The number of anilines is 1. The highest BCUT2D eigenvalue weighted by atomic mass is 19.1. The molecule has 0 spiro atoms. The molecule has 5 heteroatoms. The second kappa shape index (κ2) is 4.77. The number of nitrogens with zero attached hydrogens (tertiary/aromatic N) is 1. The number of aromatic nitrogens is 1. The number of nitrogen functional groups attached to an aromatic ring is 1. The number of halogens is 2. The molecular formula is C15H10F2N2O. The van der Waals surface area contributed by atoms with Crippen molar-refractivity contribution in [1.29, 1.82) is 0 Å². The minimum Gasteiger partial charge on any atom is -0.452 e. The van der Waals surface area contributed by atoms with Gasteiger partial charge < -0.3 is 10.5 Å². The van der Waals surface area contributed by atoms with Crippen LogP contribution in [0.4, 0.5) is 14.5 Å². The quantitative estimate of drug-likeness (QED) is 0.720. The van der Waals surface area contributed by atoms with Crippen LogP contribution in [0.3, 0.4) is 0 Å². The first-order valence-electron chi connectivity index (χ1n) is 5.91. The second-order valence-electron chi connectivity index (χ2n) is 4.23. The average molecular weight is 272 g/mol. The molecule has 0 amide bonds. The van der Waals surface area contributed by atoms with E-state index in [2.05, 4.69) is 4.98 Å². The fraction of sp³-hybridized carbons (Fsp3) is 0. The van der Waals surface area contributed by atoms with Gasteiger partial charge in [0.25, 0.3) is 0 Å². The molecule has 3 aromatic rings. The summed E-state index contributed by atoms with van der Waals surface area (Å²) in [6.07, 6.45) is 1.58. The van der Waals surface area contributed by atoms with Gasteiger partial charge in [-0.25, -0.2) is 8.78 Å². The summed E-state index contributed by atoms with van der Waals surface area (Å²) in [6, 6.07) is 9.77. The van der Waals surface area contributed by atoms with E-state index in [9.17, 15) is 8.78 Å². The van der Waals surface area contributed by atoms with Gasteiger partial charge in [0, 0.05) is 23.3 Å². The lowest BCUT2D eigenvalue weighted by Crippen LogP contribution is -1.94. The first kappa shape index (κ1) is 12.3. The Labute approximate surface area is 113 Å². The molecule has 0 bridgehead atoms. The van der Waals surface area contributed by atoms with Crippen molar-refractivity contribution in [2.45, 2.75) is 0 Å². The van der Waals surface area contributed by atoms with E-state index in [0.717, 1.165) is 18.2 Å². The molecule has 0 fully saturated rings. The van der Waals surface area contributed by atoms with Gasteiger partial charge in [0.1, 0.15) is 11.3 Å². The third-order valence-electron chi connectivity index (χ3n) is 2.88. The number of rotatable bonds is 2. The highest BCUT2D eigenvalue weighted by Gasteiger charge is 2.11. The van der Waals surface area contributed by atoms with Crippen molar-refractivity contribution in [1.82, 2.24) is 4.98 Å². The SMILES string of the molecule is Nc1ccc(Oc2cc(F)ccc2F)c2ncccc12. The number of pyridine rings is 1. The molecule has 0 aliphatic rings. The summed E-state index contributed by atoms with van der Waals surface area (Å²) in [4.78, 5) is 4.17. The third kappa shape index (κ3) is 2.14. The van der Waals surface area contributed by atoms with Gasteiger partial charge in [-0.2, -0.15) is 0 Å². The van der Waals surface area contributed by atoms with Crippen molar-refractivity contribution in [3.05, 3.63) is 60.3 Å². The van der Waals surface area contributed by atoms with Crippen LogP contribution in [0.1, 0.15) is 0 Å². The number of ether oxygens (including phenoxy) is 1. The Morgan fingerprint density at radius 3 is 2.70 bits per heavy atom. The Hall–Kier alpha value is -2.69. The molecule has 2 aromatic carbocycles. The van der Waals surface area contributed by atoms with Gasteiger partial charge >= 0.3 is 0 Å². The van der Waals surface area contributed by atoms with Gasteiger partial charge in [0.15, 0.2) is 17.3 Å². The fourth-order valence-electron chi connectivity index (χ4n) is 1.93. The maximum atomic E-state index is 13.6. The van der Waals surface area contributed by atoms with E-state index in [0.29, 0.717) is 22.3 Å². The largest absolute Gasteiger partial charge is 0.452 e. The van der Waals surface area contributed by atoms with Gasteiger partial charge in [-0.05, 0) is 36.4 Å². The molecule has 1 aromatic heterocycles. The van der Waals surface area contributed by atoms with Crippen LogP contribution in [-0.2, 0) is 0 Å². The monoisotopic (exact) mass is 272 g/mol. The maximum Gasteiger partial charge on any atom is 0.166 e. The van der Waals surface area contributed by atoms with Gasteiger partial charge in [-0.15, -0.1) is 0 Å². The number of benzene rings is 2. The Kier molecular flexibility index (Phi) is 2.95. The molecule has 0 aliphatic heterocycles. The third-order valence-corrected chi connectivity index (χ3v) is 2.88. The molecule has 0 unspecified atom stereocenters. The van der Waals surface area contributed by atoms with Gasteiger partial charge in [0.05, 0.1) is 0 Å². The summed E-state index contributed by atoms with van der Waals surface area (Å²) in [5, 5.41) is 0.696. The zero-order valence-corrected chi connectivity index (χ0v) is 10.3. The summed E-state index contributed by atoms with van der Waals surface area (Å²) >= 11 is 0. The predicted molar refractivity (Wildman–Crippen MR) is 72.6 cm³/mol. The fourth-order valence-corrected chi connectivity index (χ4v) is 1.93. The number of fused-ring (bicyclic) bond motifs is 1. The molecule has 100 valence electrons. The van der Waals surface area contributed by atoms with E-state index in [1.807, 2.05) is 0 Å². The van der Waals surface area contributed by atoms with Crippen molar-refractivity contribution in [3.8, 4) is 11.5 Å². The molecule has 3 nitrogen and oxygen atoms in total. The first-order chi connectivity index (χ1) is 9.65. The minimum atomic E-state index is -0.646. The van der Waals surface area contributed by atoms with Crippen LogP contribution in [0.5, 0.6) is 11.5 Å². The molecule has 3 rings (SSSR count). The van der Waals surface area contributed by atoms with Crippen LogP contribution in [0, 0.1) is 11.6 Å². The Bertz CT molecular complexity index is 790. The van der Waals surface area contributed by atoms with E-state index < -0.39 is 11.6 Å². The van der Waals surface area contributed by atoms with Crippen molar-refractivity contribution < 1.29 is 13.5 Å². The van der Waals surface area contributed by atoms with Gasteiger partial charge in [0.2, 0.25) is 0 Å². The first-order valence-corrected chi connectivity index (χ1v) is 5.91. The predicted octanol–water partition coefficient (Wildman–Crippen LogP) is 3.89. The summed E-state index contributed by atoms with van der Waals surface area (Å²) < 4.78 is 32.2. The number of hydrogen-bond donors (Lipinski definition) is 1. The molecule has 2 N–H and O–H groups in total. The molecule has 0 saturated heterocycles. The van der Waals surface area contributed by atoms with Crippen molar-refractivity contribution in [3.63, 3.8) is 0 Å². The second-order valence-corrected chi connectivity index (χ2v) is 4.23. The summed E-state index contributed by atoms with van der Waals surface area (Å²) in [5.74, 6) is -1.09. The van der Waals surface area contributed by atoms with E-state index in [4.69, 9.17) is 10.5 Å². The van der Waals surface area contributed by atoms with E-state index >= 15 is 0 Å². The standard InChI is InChI=1S/C15H10F2N2O/c16-9-3-4-11(17)14(8-9)20-13-6-5-12(18)10-2-1-7-19-15(10)13/h1-8H,18H2. The van der Waals surface area contributed by atoms with Gasteiger partial charge in [-0.1, -0.05) is 0 Å². The van der Waals surface area contributed by atoms with Crippen molar-refractivity contribution in [2.75, 3.05) is 5.73 Å². The Balaban J connectivity index is 2.11.